The molecule has 4 heterocycles. The maximum atomic E-state index is 11.1. The fourth-order valence-electron chi connectivity index (χ4n) is 4.05. The third-order valence-electron chi connectivity index (χ3n) is 5.80. The summed E-state index contributed by atoms with van der Waals surface area (Å²) in [6.07, 6.45) is -9.50. The zero-order valence-corrected chi connectivity index (χ0v) is 17.3. The lowest BCUT2D eigenvalue weighted by Gasteiger charge is -2.41. The Hall–Kier alpha value is -1.63. The Bertz CT molecular complexity index is 1000. The number of rotatable bonds is 6. The molecule has 178 valence electrons. The van der Waals surface area contributed by atoms with Gasteiger partial charge in [-0.25, -0.2) is 9.97 Å². The molecule has 2 fully saturated rings. The third kappa shape index (κ3) is 3.55. The van der Waals surface area contributed by atoms with E-state index in [0.29, 0.717) is 0 Å². The smallest absolute Gasteiger partial charge is 0.199 e. The van der Waals surface area contributed by atoms with Gasteiger partial charge in [-0.1, -0.05) is 12.2 Å². The number of ether oxygens (including phenoxy) is 3. The Morgan fingerprint density at radius 3 is 2.44 bits per heavy atom. The van der Waals surface area contributed by atoms with E-state index >= 15 is 0 Å². The molecule has 0 radical (unpaired) electrons. The van der Waals surface area contributed by atoms with Gasteiger partial charge in [0.1, 0.15) is 53.9 Å². The number of nitrogens with one attached hydrogen (secondary N) is 1. The highest BCUT2D eigenvalue weighted by Crippen LogP contribution is 2.39. The highest BCUT2D eigenvalue weighted by atomic mass is 32.1. The highest BCUT2D eigenvalue weighted by Gasteiger charge is 2.58. The second-order valence-corrected chi connectivity index (χ2v) is 7.99. The molecule has 2 aliphatic rings. The standard InChI is InChI=1S/C17H24N4O10S/c22-1-6-9(25)10(26)11(27)16(29-6)30-12-7(2-23)31-17(3-24,13(12)28)21-5-20-8-14(21)18-4-19-15(8)32/h4-7,9-13,16,22-28H,1-3H2,(H,18,19,32)/t6?,7-,9+,10-,11?,12?,13-,16+,17?/m1/s1. The van der Waals surface area contributed by atoms with Gasteiger partial charge < -0.3 is 54.9 Å². The van der Waals surface area contributed by atoms with Crippen LogP contribution in [0.5, 0.6) is 0 Å². The quantitative estimate of drug-likeness (QED) is 0.187. The van der Waals surface area contributed by atoms with E-state index in [4.69, 9.17) is 26.4 Å². The molecule has 2 aliphatic heterocycles. The molecule has 0 aromatic carbocycles. The number of nitrogens with zero attached hydrogens (tertiary/aromatic N) is 3. The monoisotopic (exact) mass is 476 g/mol. The molecular formula is C17H24N4O10S. The summed E-state index contributed by atoms with van der Waals surface area (Å²) in [5, 5.41) is 70.7. The van der Waals surface area contributed by atoms with Crippen molar-refractivity contribution in [3.05, 3.63) is 17.3 Å². The predicted molar refractivity (Wildman–Crippen MR) is 104 cm³/mol. The maximum absolute atomic E-state index is 11.1. The van der Waals surface area contributed by atoms with E-state index in [1.807, 2.05) is 0 Å². The first-order chi connectivity index (χ1) is 15.3. The molecule has 32 heavy (non-hydrogen) atoms. The first-order valence-electron chi connectivity index (χ1n) is 9.73. The van der Waals surface area contributed by atoms with Gasteiger partial charge in [-0.2, -0.15) is 0 Å². The van der Waals surface area contributed by atoms with E-state index in [2.05, 4.69) is 15.0 Å². The Morgan fingerprint density at radius 1 is 1.06 bits per heavy atom. The van der Waals surface area contributed by atoms with Crippen molar-refractivity contribution in [2.24, 2.45) is 0 Å². The molecule has 9 atom stereocenters. The van der Waals surface area contributed by atoms with Gasteiger partial charge in [-0.05, 0) is 0 Å². The van der Waals surface area contributed by atoms with E-state index in [-0.39, 0.29) is 15.8 Å². The van der Waals surface area contributed by atoms with Crippen molar-refractivity contribution < 1.29 is 50.0 Å². The Balaban J connectivity index is 1.67. The van der Waals surface area contributed by atoms with Crippen LogP contribution in [0.3, 0.4) is 0 Å². The molecule has 0 amide bonds. The average Bonchev–Trinajstić information content (AvgIpc) is 3.35. The number of aliphatic hydroxyl groups is 7. The predicted octanol–water partition coefficient (Wildman–Crippen LogP) is -3.93. The Morgan fingerprint density at radius 2 is 1.78 bits per heavy atom. The fourth-order valence-corrected chi connectivity index (χ4v) is 4.25. The summed E-state index contributed by atoms with van der Waals surface area (Å²) in [7, 11) is 0. The maximum Gasteiger partial charge on any atom is 0.199 e. The van der Waals surface area contributed by atoms with Crippen molar-refractivity contribution in [1.29, 1.82) is 0 Å². The van der Waals surface area contributed by atoms with Gasteiger partial charge in [0, 0.05) is 0 Å². The van der Waals surface area contributed by atoms with Crippen LogP contribution in [0.1, 0.15) is 0 Å². The van der Waals surface area contributed by atoms with Gasteiger partial charge in [0.25, 0.3) is 0 Å². The molecule has 4 unspecified atom stereocenters. The van der Waals surface area contributed by atoms with Gasteiger partial charge in [0.15, 0.2) is 16.7 Å². The molecular weight excluding hydrogens is 452 g/mol. The number of fused-ring (bicyclic) bond motifs is 1. The lowest BCUT2D eigenvalue weighted by molar-refractivity contribution is -0.318. The first-order valence-corrected chi connectivity index (χ1v) is 10.1. The zero-order chi connectivity index (χ0) is 23.2. The summed E-state index contributed by atoms with van der Waals surface area (Å²) < 4.78 is 18.3. The lowest BCUT2D eigenvalue weighted by Crippen LogP contribution is -2.60. The summed E-state index contributed by atoms with van der Waals surface area (Å²) in [4.78, 5) is 10.9. The minimum atomic E-state index is -1.87. The third-order valence-corrected chi connectivity index (χ3v) is 6.10. The van der Waals surface area contributed by atoms with Gasteiger partial charge in [-0.3, -0.25) is 4.57 Å². The minimum absolute atomic E-state index is 0.172. The molecule has 0 bridgehead atoms. The first kappa shape index (κ1) is 23.5. The topological polar surface area (TPSA) is 216 Å². The van der Waals surface area contributed by atoms with Crippen molar-refractivity contribution in [3.63, 3.8) is 0 Å². The molecule has 2 aromatic heterocycles. The molecule has 8 N–H and O–H groups in total. The number of hydrogen-bond acceptors (Lipinski definition) is 13. The van der Waals surface area contributed by atoms with Gasteiger partial charge in [0.2, 0.25) is 0 Å². The number of H-pyrrole nitrogens is 1. The largest absolute Gasteiger partial charge is 0.394 e. The number of imidazole rings is 1. The van der Waals surface area contributed by atoms with E-state index in [0.717, 1.165) is 0 Å². The van der Waals surface area contributed by atoms with Crippen LogP contribution in [0, 0.1) is 4.64 Å². The van der Waals surface area contributed by atoms with Crippen LogP contribution in [0.4, 0.5) is 0 Å². The minimum Gasteiger partial charge on any atom is -0.394 e. The van der Waals surface area contributed by atoms with Crippen LogP contribution < -0.4 is 0 Å². The van der Waals surface area contributed by atoms with E-state index < -0.39 is 74.6 Å². The Labute approximate surface area is 185 Å². The average molecular weight is 476 g/mol. The van der Waals surface area contributed by atoms with Crippen LogP contribution in [0.25, 0.3) is 11.2 Å². The van der Waals surface area contributed by atoms with E-state index in [9.17, 15) is 35.7 Å². The molecule has 0 spiro atoms. The number of aromatic amines is 1. The Kier molecular flexibility index (Phi) is 6.59. The lowest BCUT2D eigenvalue weighted by atomic mass is 9.98. The van der Waals surface area contributed by atoms with Crippen molar-refractivity contribution in [2.75, 3.05) is 19.8 Å². The summed E-state index contributed by atoms with van der Waals surface area (Å²) in [6.45, 7) is -2.09. The van der Waals surface area contributed by atoms with Crippen molar-refractivity contribution >= 4 is 23.4 Å². The number of aliphatic hydroxyl groups excluding tert-OH is 7. The fraction of sp³-hybridized carbons (Fsp3) is 0.706. The van der Waals surface area contributed by atoms with Gasteiger partial charge in [0.05, 0.1) is 32.5 Å². The van der Waals surface area contributed by atoms with Gasteiger partial charge in [-0.15, -0.1) is 0 Å². The molecule has 0 saturated carbocycles. The van der Waals surface area contributed by atoms with Gasteiger partial charge >= 0.3 is 0 Å². The van der Waals surface area contributed by atoms with E-state index in [1.165, 1.54) is 17.2 Å². The SMILES string of the molecule is OCC1O[C@@H](OC2[C@@H](O)C(CO)(n3cnc4c(=S)nc[nH]c43)O[C@@H]2CO)C(O)[C@H](O)[C@H]1O. The second-order valence-electron chi connectivity index (χ2n) is 7.60. The van der Waals surface area contributed by atoms with Crippen molar-refractivity contribution in [1.82, 2.24) is 19.5 Å². The van der Waals surface area contributed by atoms with E-state index in [1.54, 1.807) is 0 Å². The van der Waals surface area contributed by atoms with Crippen LogP contribution in [0.15, 0.2) is 12.7 Å². The van der Waals surface area contributed by atoms with Crippen LogP contribution >= 0.6 is 12.2 Å². The molecule has 0 aliphatic carbocycles. The summed E-state index contributed by atoms with van der Waals surface area (Å²) in [5.74, 6) is 0. The highest BCUT2D eigenvalue weighted by molar-refractivity contribution is 7.71. The molecule has 4 rings (SSSR count). The molecule has 15 heteroatoms. The zero-order valence-electron chi connectivity index (χ0n) is 16.5. The molecule has 2 saturated heterocycles. The van der Waals surface area contributed by atoms with Crippen molar-refractivity contribution in [2.45, 2.75) is 54.7 Å². The summed E-state index contributed by atoms with van der Waals surface area (Å²) in [6, 6.07) is 0. The van der Waals surface area contributed by atoms with Crippen LogP contribution in [-0.4, -0.2) is 124 Å². The van der Waals surface area contributed by atoms with Crippen molar-refractivity contribution in [3.8, 4) is 0 Å². The molecule has 2 aromatic rings. The normalized spacial score (nSPS) is 40.2. The number of aromatic nitrogens is 4. The second kappa shape index (κ2) is 8.96. The van der Waals surface area contributed by atoms with Crippen LogP contribution in [-0.2, 0) is 19.9 Å². The molecule has 14 nitrogen and oxygen atoms in total. The summed E-state index contributed by atoms with van der Waals surface area (Å²) in [5.41, 5.74) is -1.31. The number of hydrogen-bond donors (Lipinski definition) is 8. The van der Waals surface area contributed by atoms with Crippen LogP contribution in [0.2, 0.25) is 0 Å². The summed E-state index contributed by atoms with van der Waals surface area (Å²) >= 11 is 5.13.